The van der Waals surface area contributed by atoms with Gasteiger partial charge in [-0.05, 0) is 19.8 Å². The van der Waals surface area contributed by atoms with Crippen molar-refractivity contribution in [2.24, 2.45) is 11.8 Å². The summed E-state index contributed by atoms with van der Waals surface area (Å²) in [5, 5.41) is 0. The summed E-state index contributed by atoms with van der Waals surface area (Å²) in [7, 11) is -3.57. The molecule has 0 spiro atoms. The standard InChI is InChI=1S/C10H21O5P/c1-5-14-10(11)9(4)8(3)7-16(12,13)15-6-2/h8-9H,5-7H2,1-4H3,(H,12,13). The Hall–Kier alpha value is -0.380. The molecule has 0 aromatic heterocycles. The average Bonchev–Trinajstić information content (AvgIpc) is 2.15. The van der Waals surface area contributed by atoms with E-state index in [0.717, 1.165) is 0 Å². The molecule has 5 nitrogen and oxygen atoms in total. The molecular weight excluding hydrogens is 231 g/mol. The molecule has 0 amide bonds. The molecule has 1 N–H and O–H groups in total. The molecular formula is C10H21O5P. The molecule has 16 heavy (non-hydrogen) atoms. The first-order valence-corrected chi connectivity index (χ1v) is 7.23. The van der Waals surface area contributed by atoms with Gasteiger partial charge < -0.3 is 14.2 Å². The fraction of sp³-hybridized carbons (Fsp3) is 0.900. The summed E-state index contributed by atoms with van der Waals surface area (Å²) in [6, 6.07) is 0. The van der Waals surface area contributed by atoms with E-state index in [0.29, 0.717) is 6.61 Å². The third-order valence-corrected chi connectivity index (χ3v) is 4.06. The molecule has 0 aliphatic heterocycles. The van der Waals surface area contributed by atoms with Crippen LogP contribution in [0.15, 0.2) is 0 Å². The van der Waals surface area contributed by atoms with Crippen molar-refractivity contribution in [1.82, 2.24) is 0 Å². The van der Waals surface area contributed by atoms with Crippen LogP contribution in [0.1, 0.15) is 27.7 Å². The summed E-state index contributed by atoms with van der Waals surface area (Å²) < 4.78 is 21.1. The topological polar surface area (TPSA) is 72.8 Å². The quantitative estimate of drug-likeness (QED) is 0.554. The largest absolute Gasteiger partial charge is 0.466 e. The lowest BCUT2D eigenvalue weighted by Crippen LogP contribution is -2.24. The van der Waals surface area contributed by atoms with Gasteiger partial charge in [0, 0.05) is 0 Å². The van der Waals surface area contributed by atoms with Crippen molar-refractivity contribution in [3.63, 3.8) is 0 Å². The molecule has 6 heteroatoms. The maximum Gasteiger partial charge on any atom is 0.328 e. The van der Waals surface area contributed by atoms with E-state index >= 15 is 0 Å². The molecule has 0 rings (SSSR count). The Morgan fingerprint density at radius 3 is 2.31 bits per heavy atom. The van der Waals surface area contributed by atoms with Crippen LogP contribution >= 0.6 is 7.60 Å². The minimum absolute atomic E-state index is 0.0270. The maximum atomic E-state index is 11.5. The highest BCUT2D eigenvalue weighted by atomic mass is 31.2. The molecule has 0 aliphatic carbocycles. The Labute approximate surface area is 96.7 Å². The van der Waals surface area contributed by atoms with E-state index < -0.39 is 13.5 Å². The molecule has 0 aliphatic rings. The summed E-state index contributed by atoms with van der Waals surface area (Å²) in [5.41, 5.74) is 0. The molecule has 0 fully saturated rings. The van der Waals surface area contributed by atoms with Crippen LogP contribution in [0.2, 0.25) is 0 Å². The van der Waals surface area contributed by atoms with Crippen molar-refractivity contribution in [2.45, 2.75) is 27.7 Å². The van der Waals surface area contributed by atoms with Crippen LogP contribution in [0.3, 0.4) is 0 Å². The maximum absolute atomic E-state index is 11.5. The van der Waals surface area contributed by atoms with Gasteiger partial charge in [-0.15, -0.1) is 0 Å². The minimum Gasteiger partial charge on any atom is -0.466 e. The zero-order valence-corrected chi connectivity index (χ0v) is 11.2. The first kappa shape index (κ1) is 15.6. The second-order valence-electron chi connectivity index (χ2n) is 3.76. The zero-order chi connectivity index (χ0) is 12.8. The molecule has 0 bridgehead atoms. The number of ether oxygens (including phenoxy) is 1. The monoisotopic (exact) mass is 252 g/mol. The van der Waals surface area contributed by atoms with Gasteiger partial charge in [-0.1, -0.05) is 13.8 Å². The Morgan fingerprint density at radius 1 is 1.31 bits per heavy atom. The summed E-state index contributed by atoms with van der Waals surface area (Å²) in [4.78, 5) is 20.8. The van der Waals surface area contributed by atoms with Crippen LogP contribution in [0.5, 0.6) is 0 Å². The number of hydrogen-bond donors (Lipinski definition) is 1. The Balaban J connectivity index is 4.29. The van der Waals surface area contributed by atoms with E-state index in [9.17, 15) is 14.3 Å². The first-order valence-electron chi connectivity index (χ1n) is 5.47. The molecule has 0 aromatic carbocycles. The second-order valence-corrected chi connectivity index (χ2v) is 5.65. The van der Waals surface area contributed by atoms with Crippen molar-refractivity contribution in [2.75, 3.05) is 19.4 Å². The summed E-state index contributed by atoms with van der Waals surface area (Å²) in [6.07, 6.45) is -0.0270. The molecule has 3 unspecified atom stereocenters. The number of esters is 1. The van der Waals surface area contributed by atoms with Gasteiger partial charge in [0.25, 0.3) is 0 Å². The SMILES string of the molecule is CCOC(=O)C(C)C(C)CP(=O)(O)OCC. The lowest BCUT2D eigenvalue weighted by Gasteiger charge is -2.20. The van der Waals surface area contributed by atoms with E-state index in [1.54, 1.807) is 27.7 Å². The smallest absolute Gasteiger partial charge is 0.328 e. The highest BCUT2D eigenvalue weighted by molar-refractivity contribution is 7.52. The van der Waals surface area contributed by atoms with Crippen LogP contribution < -0.4 is 0 Å². The van der Waals surface area contributed by atoms with Gasteiger partial charge in [0.05, 0.1) is 25.3 Å². The average molecular weight is 252 g/mol. The van der Waals surface area contributed by atoms with Gasteiger partial charge in [-0.25, -0.2) is 0 Å². The van der Waals surface area contributed by atoms with Crippen LogP contribution in [0, 0.1) is 11.8 Å². The second kappa shape index (κ2) is 7.05. The van der Waals surface area contributed by atoms with E-state index in [4.69, 9.17) is 9.26 Å². The van der Waals surface area contributed by atoms with Gasteiger partial charge in [-0.3, -0.25) is 9.36 Å². The summed E-state index contributed by atoms with van der Waals surface area (Å²) in [6.45, 7) is 7.32. The van der Waals surface area contributed by atoms with Gasteiger partial charge >= 0.3 is 13.6 Å². The zero-order valence-electron chi connectivity index (χ0n) is 10.3. The fourth-order valence-electron chi connectivity index (χ4n) is 1.28. The number of carbonyl (C=O) groups is 1. The Morgan fingerprint density at radius 2 is 1.88 bits per heavy atom. The van der Waals surface area contributed by atoms with Gasteiger partial charge in [0.15, 0.2) is 0 Å². The molecule has 0 saturated heterocycles. The molecule has 0 radical (unpaired) electrons. The van der Waals surface area contributed by atoms with Crippen LogP contribution in [0.4, 0.5) is 0 Å². The van der Waals surface area contributed by atoms with E-state index in [2.05, 4.69) is 0 Å². The normalized spacial score (nSPS) is 18.6. The van der Waals surface area contributed by atoms with E-state index in [-0.39, 0.29) is 24.7 Å². The van der Waals surface area contributed by atoms with Crippen molar-refractivity contribution in [3.05, 3.63) is 0 Å². The van der Waals surface area contributed by atoms with Gasteiger partial charge in [0.2, 0.25) is 0 Å². The number of rotatable bonds is 7. The number of carbonyl (C=O) groups excluding carboxylic acids is 1. The number of hydrogen-bond acceptors (Lipinski definition) is 4. The van der Waals surface area contributed by atoms with Crippen molar-refractivity contribution < 1.29 is 23.5 Å². The summed E-state index contributed by atoms with van der Waals surface area (Å²) in [5.74, 6) is -0.992. The van der Waals surface area contributed by atoms with E-state index in [1.165, 1.54) is 0 Å². The first-order chi connectivity index (χ1) is 7.34. The lowest BCUT2D eigenvalue weighted by molar-refractivity contribution is -0.148. The predicted molar refractivity (Wildman–Crippen MR) is 61.3 cm³/mol. The molecule has 0 heterocycles. The van der Waals surface area contributed by atoms with Gasteiger partial charge in [0.1, 0.15) is 0 Å². The lowest BCUT2D eigenvalue weighted by atomic mass is 9.98. The molecule has 0 saturated carbocycles. The van der Waals surface area contributed by atoms with E-state index in [1.807, 2.05) is 0 Å². The summed E-state index contributed by atoms with van der Waals surface area (Å²) >= 11 is 0. The third-order valence-electron chi connectivity index (χ3n) is 2.36. The van der Waals surface area contributed by atoms with Crippen molar-refractivity contribution >= 4 is 13.6 Å². The highest BCUT2D eigenvalue weighted by Gasteiger charge is 2.29. The highest BCUT2D eigenvalue weighted by Crippen LogP contribution is 2.44. The van der Waals surface area contributed by atoms with Crippen LogP contribution in [0.25, 0.3) is 0 Å². The molecule has 0 aromatic rings. The predicted octanol–water partition coefficient (Wildman–Crippen LogP) is 2.04. The van der Waals surface area contributed by atoms with Crippen LogP contribution in [-0.4, -0.2) is 30.2 Å². The van der Waals surface area contributed by atoms with Crippen LogP contribution in [-0.2, 0) is 18.6 Å². The van der Waals surface area contributed by atoms with Crippen molar-refractivity contribution in [3.8, 4) is 0 Å². The Kier molecular flexibility index (Phi) is 6.88. The van der Waals surface area contributed by atoms with Gasteiger partial charge in [-0.2, -0.15) is 0 Å². The molecule has 3 atom stereocenters. The third kappa shape index (κ3) is 5.64. The molecule has 96 valence electrons. The fourth-order valence-corrected chi connectivity index (χ4v) is 2.84. The van der Waals surface area contributed by atoms with Crippen molar-refractivity contribution in [1.29, 1.82) is 0 Å². The Bertz CT molecular complexity index is 266. The minimum atomic E-state index is -3.57.